The first-order chi connectivity index (χ1) is 12.5. The lowest BCUT2D eigenvalue weighted by atomic mass is 9.84. The molecule has 4 heterocycles. The summed E-state index contributed by atoms with van der Waals surface area (Å²) in [7, 11) is -1.49. The molecule has 2 bridgehead atoms. The first-order valence-electron chi connectivity index (χ1n) is 8.51. The smallest absolute Gasteiger partial charge is 0.261 e. The molecule has 1 aromatic heterocycles. The number of nitrogens with one attached hydrogen (secondary N) is 1. The second-order valence-electron chi connectivity index (χ2n) is 6.68. The summed E-state index contributed by atoms with van der Waals surface area (Å²) in [6.45, 7) is 3.16. The van der Waals surface area contributed by atoms with Crippen molar-refractivity contribution in [3.05, 3.63) is 46.0 Å². The molecule has 2 atom stereocenters. The van der Waals surface area contributed by atoms with Crippen LogP contribution in [0, 0.1) is 11.7 Å². The molecule has 3 fully saturated rings. The Labute approximate surface area is 162 Å². The molecule has 138 valence electrons. The van der Waals surface area contributed by atoms with Gasteiger partial charge in [0.15, 0.2) is 0 Å². The Hall–Kier alpha value is -1.28. The number of carbonyl (C=O) groups is 1. The topological polar surface area (TPSA) is 49.4 Å². The van der Waals surface area contributed by atoms with Gasteiger partial charge in [-0.15, -0.1) is 11.3 Å². The van der Waals surface area contributed by atoms with E-state index >= 15 is 0 Å². The number of benzene rings is 1. The lowest BCUT2D eigenvalue weighted by molar-refractivity contribution is 0.0622. The van der Waals surface area contributed by atoms with Gasteiger partial charge in [0.05, 0.1) is 24.9 Å². The number of fused-ring (bicyclic) bond motifs is 3. The standard InChI is InChI=1S/C18H18ClFN2O2S2/c19-13-9-12(1-2-14(13)20)26(24)17-4-3-16(25-17)18(23)21-15-10-22-7-5-11(15)6-8-22/h1-4,9,11,15H,5-8,10H2,(H,21,23). The van der Waals surface area contributed by atoms with Gasteiger partial charge < -0.3 is 10.2 Å². The number of halogens is 2. The van der Waals surface area contributed by atoms with Crippen LogP contribution in [-0.4, -0.2) is 40.7 Å². The van der Waals surface area contributed by atoms with E-state index in [0.717, 1.165) is 32.5 Å². The van der Waals surface area contributed by atoms with Gasteiger partial charge in [0.1, 0.15) is 5.82 Å². The number of piperidine rings is 3. The highest BCUT2D eigenvalue weighted by atomic mass is 35.5. The van der Waals surface area contributed by atoms with Gasteiger partial charge in [-0.05, 0) is 62.2 Å². The van der Waals surface area contributed by atoms with Crippen LogP contribution in [0.3, 0.4) is 0 Å². The molecule has 2 unspecified atom stereocenters. The van der Waals surface area contributed by atoms with Crippen LogP contribution in [0.1, 0.15) is 22.5 Å². The summed E-state index contributed by atoms with van der Waals surface area (Å²) in [6.07, 6.45) is 2.27. The molecule has 3 saturated heterocycles. The van der Waals surface area contributed by atoms with Crippen molar-refractivity contribution in [2.24, 2.45) is 5.92 Å². The largest absolute Gasteiger partial charge is 0.347 e. The van der Waals surface area contributed by atoms with Crippen molar-refractivity contribution in [1.29, 1.82) is 0 Å². The molecule has 0 saturated carbocycles. The number of thiophene rings is 1. The number of hydrogen-bond donors (Lipinski definition) is 1. The average Bonchev–Trinajstić information content (AvgIpc) is 3.15. The Morgan fingerprint density at radius 1 is 1.27 bits per heavy atom. The minimum absolute atomic E-state index is 0.0623. The third kappa shape index (κ3) is 3.58. The van der Waals surface area contributed by atoms with Crippen LogP contribution in [0.25, 0.3) is 0 Å². The minimum Gasteiger partial charge on any atom is -0.347 e. The van der Waals surface area contributed by atoms with Crippen LogP contribution >= 0.6 is 22.9 Å². The third-order valence-corrected chi connectivity index (χ3v) is 8.12. The molecule has 1 N–H and O–H groups in total. The highest BCUT2D eigenvalue weighted by Crippen LogP contribution is 2.29. The molecule has 4 nitrogen and oxygen atoms in total. The lowest BCUT2D eigenvalue weighted by Crippen LogP contribution is -2.57. The van der Waals surface area contributed by atoms with Crippen LogP contribution in [0.4, 0.5) is 4.39 Å². The van der Waals surface area contributed by atoms with E-state index in [9.17, 15) is 13.4 Å². The van der Waals surface area contributed by atoms with Gasteiger partial charge in [-0.25, -0.2) is 8.60 Å². The quantitative estimate of drug-likeness (QED) is 0.835. The second-order valence-corrected chi connectivity index (χ2v) is 9.88. The predicted octanol–water partition coefficient (Wildman–Crippen LogP) is 3.53. The molecular weight excluding hydrogens is 395 g/mol. The number of carbonyl (C=O) groups excluding carboxylic acids is 1. The van der Waals surface area contributed by atoms with E-state index in [0.29, 0.717) is 19.9 Å². The van der Waals surface area contributed by atoms with Crippen molar-refractivity contribution < 1.29 is 13.4 Å². The molecule has 3 aliphatic heterocycles. The van der Waals surface area contributed by atoms with E-state index < -0.39 is 16.6 Å². The van der Waals surface area contributed by atoms with Gasteiger partial charge in [-0.3, -0.25) is 4.79 Å². The van der Waals surface area contributed by atoms with E-state index in [-0.39, 0.29) is 17.0 Å². The van der Waals surface area contributed by atoms with Gasteiger partial charge >= 0.3 is 0 Å². The molecule has 2 aromatic rings. The summed E-state index contributed by atoms with van der Waals surface area (Å²) in [6, 6.07) is 7.58. The molecular formula is C18H18ClFN2O2S2. The van der Waals surface area contributed by atoms with E-state index in [1.807, 2.05) is 0 Å². The monoisotopic (exact) mass is 412 g/mol. The highest BCUT2D eigenvalue weighted by Gasteiger charge is 2.35. The molecule has 1 amide bonds. The highest BCUT2D eigenvalue weighted by molar-refractivity contribution is 7.87. The van der Waals surface area contributed by atoms with Crippen molar-refractivity contribution in [2.75, 3.05) is 19.6 Å². The number of rotatable bonds is 4. The molecule has 0 spiro atoms. The van der Waals surface area contributed by atoms with Crippen molar-refractivity contribution in [3.63, 3.8) is 0 Å². The van der Waals surface area contributed by atoms with Crippen molar-refractivity contribution in [3.8, 4) is 0 Å². The Morgan fingerprint density at radius 3 is 2.69 bits per heavy atom. The van der Waals surface area contributed by atoms with Gasteiger partial charge in [-0.2, -0.15) is 0 Å². The molecule has 3 aliphatic rings. The fourth-order valence-electron chi connectivity index (χ4n) is 3.62. The maximum Gasteiger partial charge on any atom is 0.261 e. The van der Waals surface area contributed by atoms with E-state index in [2.05, 4.69) is 10.2 Å². The van der Waals surface area contributed by atoms with Gasteiger partial charge in [0.2, 0.25) is 0 Å². The molecule has 8 heteroatoms. The summed E-state index contributed by atoms with van der Waals surface area (Å²) < 4.78 is 26.5. The fraction of sp³-hybridized carbons (Fsp3) is 0.389. The van der Waals surface area contributed by atoms with Crippen molar-refractivity contribution in [2.45, 2.75) is 28.0 Å². The Morgan fingerprint density at radius 2 is 2.04 bits per heavy atom. The zero-order valence-corrected chi connectivity index (χ0v) is 16.3. The zero-order valence-electron chi connectivity index (χ0n) is 13.9. The summed E-state index contributed by atoms with van der Waals surface area (Å²) in [5, 5.41) is 3.07. The van der Waals surface area contributed by atoms with E-state index in [1.165, 1.54) is 29.5 Å². The van der Waals surface area contributed by atoms with Crippen molar-refractivity contribution >= 4 is 39.6 Å². The van der Waals surface area contributed by atoms with Crippen LogP contribution in [0.2, 0.25) is 5.02 Å². The van der Waals surface area contributed by atoms with Crippen molar-refractivity contribution in [1.82, 2.24) is 10.2 Å². The molecule has 5 rings (SSSR count). The first-order valence-corrected chi connectivity index (χ1v) is 10.9. The molecule has 1 aromatic carbocycles. The number of nitrogens with zero attached hydrogens (tertiary/aromatic N) is 1. The summed E-state index contributed by atoms with van der Waals surface area (Å²) in [5.41, 5.74) is 0. The summed E-state index contributed by atoms with van der Waals surface area (Å²) in [4.78, 5) is 15.9. The normalized spacial score (nSPS) is 25.8. The zero-order chi connectivity index (χ0) is 18.3. The second kappa shape index (κ2) is 7.38. The van der Waals surface area contributed by atoms with Gasteiger partial charge in [-0.1, -0.05) is 11.6 Å². The average molecular weight is 413 g/mol. The van der Waals surface area contributed by atoms with Crippen LogP contribution in [-0.2, 0) is 10.8 Å². The summed E-state index contributed by atoms with van der Waals surface area (Å²) >= 11 is 6.97. The Balaban J connectivity index is 1.46. The molecule has 0 aliphatic carbocycles. The van der Waals surface area contributed by atoms with Gasteiger partial charge in [0.25, 0.3) is 5.91 Å². The maximum absolute atomic E-state index is 13.3. The third-order valence-electron chi connectivity index (χ3n) is 5.07. The SMILES string of the molecule is O=C(NC1CN2CCC1CC2)c1ccc(S(=O)c2ccc(F)c(Cl)c2)s1. The van der Waals surface area contributed by atoms with E-state index in [4.69, 9.17) is 11.6 Å². The van der Waals surface area contributed by atoms with Crippen LogP contribution in [0.15, 0.2) is 39.4 Å². The van der Waals surface area contributed by atoms with E-state index in [1.54, 1.807) is 12.1 Å². The molecule has 0 radical (unpaired) electrons. The number of amides is 1. The summed E-state index contributed by atoms with van der Waals surface area (Å²) in [5.74, 6) is -0.107. The van der Waals surface area contributed by atoms with Crippen LogP contribution < -0.4 is 5.32 Å². The number of hydrogen-bond acceptors (Lipinski definition) is 4. The first kappa shape index (κ1) is 18.1. The Bertz CT molecular complexity index is 865. The minimum atomic E-state index is -1.49. The maximum atomic E-state index is 13.3. The fourth-order valence-corrected chi connectivity index (χ4v) is 6.21. The predicted molar refractivity (Wildman–Crippen MR) is 101 cm³/mol. The van der Waals surface area contributed by atoms with Gasteiger partial charge in [0, 0.05) is 17.5 Å². The lowest BCUT2D eigenvalue weighted by Gasteiger charge is -2.44. The van der Waals surface area contributed by atoms with Crippen LogP contribution in [0.5, 0.6) is 0 Å². The Kier molecular flexibility index (Phi) is 5.14. The molecule has 26 heavy (non-hydrogen) atoms.